The third-order valence-corrected chi connectivity index (χ3v) is 9.07. The average Bonchev–Trinajstić information content (AvgIpc) is 3.14. The van der Waals surface area contributed by atoms with Crippen molar-refractivity contribution >= 4 is 31.4 Å². The summed E-state index contributed by atoms with van der Waals surface area (Å²) in [6.45, 7) is 8.06. The molecule has 0 radical (unpaired) electrons. The first kappa shape index (κ1) is 21.8. The average molecular weight is 447 g/mol. The van der Waals surface area contributed by atoms with Gasteiger partial charge in [-0.2, -0.15) is 0 Å². The first-order valence-corrected chi connectivity index (χ1v) is 13.0. The van der Waals surface area contributed by atoms with Crippen LogP contribution in [0, 0.1) is 6.92 Å². The fourth-order valence-electron chi connectivity index (χ4n) is 4.50. The molecule has 1 fully saturated rings. The third-order valence-electron chi connectivity index (χ3n) is 5.89. The van der Waals surface area contributed by atoms with Gasteiger partial charge in [0.05, 0.1) is 17.8 Å². The lowest BCUT2D eigenvalue weighted by molar-refractivity contribution is 0.174. The molecule has 4 rings (SSSR count). The van der Waals surface area contributed by atoms with E-state index in [9.17, 15) is 0 Å². The lowest BCUT2D eigenvalue weighted by Crippen LogP contribution is -2.43. The monoisotopic (exact) mass is 446 g/mol. The minimum Gasteiger partial charge on any atom is -0.456 e. The van der Waals surface area contributed by atoms with Crippen LogP contribution in [0.3, 0.4) is 0 Å². The quantitative estimate of drug-likeness (QED) is 0.484. The second kappa shape index (κ2) is 9.39. The van der Waals surface area contributed by atoms with Crippen LogP contribution in [-0.2, 0) is 11.2 Å². The number of anilines is 2. The largest absolute Gasteiger partial charge is 0.456 e. The molecule has 2 aliphatic rings. The molecule has 0 spiro atoms. The normalized spacial score (nSPS) is 24.2. The topological polar surface area (TPSA) is 50.7 Å². The molecule has 0 bridgehead atoms. The molecule has 30 heavy (non-hydrogen) atoms. The Morgan fingerprint density at radius 1 is 1.27 bits per heavy atom. The fraction of sp³-hybridized carbons (Fsp3) is 0.545. The molecule has 2 aromatic rings. The van der Waals surface area contributed by atoms with Gasteiger partial charge in [0.2, 0.25) is 5.88 Å². The molecule has 1 aromatic heterocycles. The zero-order chi connectivity index (χ0) is 21.3. The van der Waals surface area contributed by atoms with Crippen molar-refractivity contribution in [1.82, 2.24) is 14.9 Å². The van der Waals surface area contributed by atoms with Crippen LogP contribution in [0.25, 0.3) is 0 Å². The predicted molar refractivity (Wildman–Crippen MR) is 126 cm³/mol. The summed E-state index contributed by atoms with van der Waals surface area (Å²) in [6, 6.07) is 6.70. The highest BCUT2D eigenvalue weighted by atomic mass is 32.2. The summed E-state index contributed by atoms with van der Waals surface area (Å²) in [6.07, 6.45) is 4.80. The van der Waals surface area contributed by atoms with Crippen LogP contribution >= 0.6 is 19.9 Å². The Labute approximate surface area is 185 Å². The molecule has 162 valence electrons. The van der Waals surface area contributed by atoms with Crippen LogP contribution in [0.5, 0.6) is 5.88 Å². The molecular formula is C22H31N4O2PS. The maximum absolute atomic E-state index is 6.61. The van der Waals surface area contributed by atoms with Gasteiger partial charge in [-0.15, -0.1) is 11.8 Å². The SMILES string of the molecule is COCC1CN(C)CC(C)P1Oc1ncnc(N2CCc3cc(SC)ccc32)c1C. The molecule has 1 saturated heterocycles. The number of thioether (sulfide) groups is 1. The van der Waals surface area contributed by atoms with Crippen molar-refractivity contribution in [3.63, 3.8) is 0 Å². The van der Waals surface area contributed by atoms with Gasteiger partial charge >= 0.3 is 0 Å². The molecule has 0 amide bonds. The summed E-state index contributed by atoms with van der Waals surface area (Å²) in [4.78, 5) is 15.2. The van der Waals surface area contributed by atoms with E-state index in [-0.39, 0.29) is 0 Å². The van der Waals surface area contributed by atoms with Gasteiger partial charge in [0.15, 0.2) is 0 Å². The minimum atomic E-state index is -0.683. The second-order valence-electron chi connectivity index (χ2n) is 8.15. The predicted octanol–water partition coefficient (Wildman–Crippen LogP) is 4.33. The van der Waals surface area contributed by atoms with Crippen molar-refractivity contribution in [3.05, 3.63) is 35.7 Å². The number of nitrogens with zero attached hydrogens (tertiary/aromatic N) is 4. The number of hydrogen-bond acceptors (Lipinski definition) is 7. The lowest BCUT2D eigenvalue weighted by Gasteiger charge is -2.40. The zero-order valence-electron chi connectivity index (χ0n) is 18.5. The Hall–Kier alpha value is -1.40. The Balaban J connectivity index is 1.60. The summed E-state index contributed by atoms with van der Waals surface area (Å²) in [5, 5.41) is 0. The standard InChI is InChI=1S/C22H31N4O2PS/c1-15-11-25(3)12-18(13-27-4)29(15)28-22-16(2)21(23-14-24-22)26-9-8-17-10-19(30-5)6-7-20(17)26/h6-7,10,14-15,18H,8-9,11-13H2,1-5H3. The van der Waals surface area contributed by atoms with Gasteiger partial charge in [-0.05, 0) is 50.4 Å². The smallest absolute Gasteiger partial charge is 0.224 e. The summed E-state index contributed by atoms with van der Waals surface area (Å²) in [5.41, 5.74) is 4.50. The van der Waals surface area contributed by atoms with Crippen LogP contribution in [-0.4, -0.2) is 72.8 Å². The Bertz CT molecular complexity index is 899. The van der Waals surface area contributed by atoms with E-state index in [0.29, 0.717) is 17.9 Å². The summed E-state index contributed by atoms with van der Waals surface area (Å²) in [5.74, 6) is 1.67. The second-order valence-corrected chi connectivity index (χ2v) is 11.5. The third kappa shape index (κ3) is 4.31. The van der Waals surface area contributed by atoms with Gasteiger partial charge in [0.1, 0.15) is 20.3 Å². The first-order valence-electron chi connectivity index (χ1n) is 10.4. The van der Waals surface area contributed by atoms with Crippen LogP contribution < -0.4 is 9.42 Å². The van der Waals surface area contributed by atoms with Gasteiger partial charge in [0.25, 0.3) is 0 Å². The van der Waals surface area contributed by atoms with Crippen molar-refractivity contribution in [3.8, 4) is 5.88 Å². The Morgan fingerprint density at radius 2 is 2.10 bits per heavy atom. The highest BCUT2D eigenvalue weighted by Crippen LogP contribution is 2.51. The molecule has 3 atom stereocenters. The Morgan fingerprint density at radius 3 is 2.87 bits per heavy atom. The van der Waals surface area contributed by atoms with Crippen LogP contribution in [0.15, 0.2) is 29.4 Å². The highest BCUT2D eigenvalue weighted by Gasteiger charge is 2.36. The number of aromatic nitrogens is 2. The van der Waals surface area contributed by atoms with E-state index in [2.05, 4.69) is 65.1 Å². The minimum absolute atomic E-state index is 0.383. The molecule has 3 unspecified atom stereocenters. The maximum Gasteiger partial charge on any atom is 0.224 e. The van der Waals surface area contributed by atoms with E-state index in [1.165, 1.54) is 16.1 Å². The van der Waals surface area contributed by atoms with E-state index < -0.39 is 8.15 Å². The molecule has 0 aliphatic carbocycles. The van der Waals surface area contributed by atoms with Gasteiger partial charge < -0.3 is 19.1 Å². The van der Waals surface area contributed by atoms with Gasteiger partial charge in [0, 0.05) is 43.0 Å². The molecule has 3 heterocycles. The highest BCUT2D eigenvalue weighted by molar-refractivity contribution is 7.98. The van der Waals surface area contributed by atoms with E-state index in [1.54, 1.807) is 25.2 Å². The number of fused-ring (bicyclic) bond motifs is 1. The van der Waals surface area contributed by atoms with Crippen molar-refractivity contribution < 1.29 is 9.26 Å². The van der Waals surface area contributed by atoms with Crippen molar-refractivity contribution in [2.45, 2.75) is 36.5 Å². The zero-order valence-corrected chi connectivity index (χ0v) is 20.2. The maximum atomic E-state index is 6.61. The number of benzene rings is 1. The van der Waals surface area contributed by atoms with E-state index in [4.69, 9.17) is 9.26 Å². The van der Waals surface area contributed by atoms with E-state index in [0.717, 1.165) is 43.3 Å². The number of hydrogen-bond donors (Lipinski definition) is 0. The van der Waals surface area contributed by atoms with Crippen LogP contribution in [0.2, 0.25) is 0 Å². The van der Waals surface area contributed by atoms with Crippen molar-refractivity contribution in [2.75, 3.05) is 51.6 Å². The lowest BCUT2D eigenvalue weighted by atomic mass is 10.2. The van der Waals surface area contributed by atoms with Crippen LogP contribution in [0.4, 0.5) is 11.5 Å². The van der Waals surface area contributed by atoms with Crippen molar-refractivity contribution in [1.29, 1.82) is 0 Å². The summed E-state index contributed by atoms with van der Waals surface area (Å²) < 4.78 is 12.1. The number of methoxy groups -OCH3 is 1. The molecule has 6 nitrogen and oxygen atoms in total. The first-order chi connectivity index (χ1) is 14.5. The van der Waals surface area contributed by atoms with E-state index >= 15 is 0 Å². The van der Waals surface area contributed by atoms with Crippen LogP contribution in [0.1, 0.15) is 18.1 Å². The van der Waals surface area contributed by atoms with Gasteiger partial charge in [-0.25, -0.2) is 9.97 Å². The molecule has 0 saturated carbocycles. The fourth-order valence-corrected chi connectivity index (χ4v) is 7.58. The van der Waals surface area contributed by atoms with Crippen molar-refractivity contribution in [2.24, 2.45) is 0 Å². The van der Waals surface area contributed by atoms with E-state index in [1.807, 2.05) is 0 Å². The number of ether oxygens (including phenoxy) is 1. The Kier molecular flexibility index (Phi) is 6.83. The molecule has 2 aliphatic heterocycles. The molecule has 1 aromatic carbocycles. The number of rotatable bonds is 6. The molecule has 0 N–H and O–H groups in total. The molecule has 8 heteroatoms. The molecular weight excluding hydrogens is 415 g/mol. The van der Waals surface area contributed by atoms with Gasteiger partial charge in [-0.1, -0.05) is 6.92 Å². The summed E-state index contributed by atoms with van der Waals surface area (Å²) in [7, 11) is 3.26. The summed E-state index contributed by atoms with van der Waals surface area (Å²) >= 11 is 1.79. The van der Waals surface area contributed by atoms with Gasteiger partial charge in [-0.3, -0.25) is 0 Å².